The van der Waals surface area contributed by atoms with Gasteiger partial charge in [0, 0.05) is 24.5 Å². The molecule has 0 atom stereocenters. The first-order valence-corrected chi connectivity index (χ1v) is 9.42. The van der Waals surface area contributed by atoms with Gasteiger partial charge in [0.2, 0.25) is 16.8 Å². The van der Waals surface area contributed by atoms with Crippen LogP contribution in [0.2, 0.25) is 0 Å². The lowest BCUT2D eigenvalue weighted by Crippen LogP contribution is -2.23. The number of hydrogen-bond donors (Lipinski definition) is 2. The number of amides is 1. The molecule has 150 valence electrons. The number of furan rings is 1. The van der Waals surface area contributed by atoms with Crippen LogP contribution in [0.1, 0.15) is 11.3 Å². The van der Waals surface area contributed by atoms with Crippen molar-refractivity contribution in [3.8, 4) is 17.3 Å². The minimum absolute atomic E-state index is 0.173. The minimum atomic E-state index is -4.54. The molecule has 0 aliphatic carbocycles. The van der Waals surface area contributed by atoms with E-state index >= 15 is 4.39 Å². The molecule has 1 amide bonds. The number of carbonyl (C=O) groups is 1. The third-order valence-electron chi connectivity index (χ3n) is 3.87. The van der Waals surface area contributed by atoms with Gasteiger partial charge in [0.25, 0.3) is 0 Å². The van der Waals surface area contributed by atoms with Crippen LogP contribution in [-0.4, -0.2) is 35.1 Å². The number of hydrogen-bond acceptors (Lipinski definition) is 6. The number of nitrogens with zero attached hydrogens (tertiary/aromatic N) is 3. The van der Waals surface area contributed by atoms with Crippen LogP contribution in [-0.2, 0) is 16.4 Å². The average molecular weight is 422 g/mol. The van der Waals surface area contributed by atoms with E-state index < -0.39 is 44.2 Å². The van der Waals surface area contributed by atoms with E-state index in [0.717, 1.165) is 30.6 Å². The van der Waals surface area contributed by atoms with Crippen LogP contribution in [0, 0.1) is 23.1 Å². The quantitative estimate of drug-likeness (QED) is 0.582. The average Bonchev–Trinajstić information content (AvgIpc) is 3.28. The maximum Gasteiger partial charge on any atom is 0.404 e. The highest BCUT2D eigenvalue weighted by Crippen LogP contribution is 2.32. The number of carboxylic acid groups (broad SMARTS) is 1. The van der Waals surface area contributed by atoms with Crippen LogP contribution < -0.4 is 5.32 Å². The van der Waals surface area contributed by atoms with Gasteiger partial charge in [0.05, 0.1) is 5.56 Å². The van der Waals surface area contributed by atoms with Crippen molar-refractivity contribution in [2.75, 3.05) is 6.54 Å². The first-order chi connectivity index (χ1) is 13.8. The predicted octanol–water partition coefficient (Wildman–Crippen LogP) is 2.34. The maximum atomic E-state index is 15.1. The monoisotopic (exact) mass is 422 g/mol. The van der Waals surface area contributed by atoms with Crippen LogP contribution in [0.4, 0.5) is 13.6 Å². The SMILES string of the molecule is N#Cc1ccc(S(=O)(=O)n2cc(CCNC(=O)O)c(F)c2-c2cccnc2F)o1. The zero-order valence-electron chi connectivity index (χ0n) is 14.5. The first kappa shape index (κ1) is 20.0. The summed E-state index contributed by atoms with van der Waals surface area (Å²) in [4.78, 5) is 14.0. The topological polar surface area (TPSA) is 138 Å². The predicted molar refractivity (Wildman–Crippen MR) is 93.3 cm³/mol. The van der Waals surface area contributed by atoms with E-state index in [0.29, 0.717) is 3.97 Å². The lowest BCUT2D eigenvalue weighted by atomic mass is 10.1. The Morgan fingerprint density at radius 1 is 1.34 bits per heavy atom. The Balaban J connectivity index is 2.18. The van der Waals surface area contributed by atoms with Gasteiger partial charge in [-0.1, -0.05) is 0 Å². The Morgan fingerprint density at radius 3 is 2.72 bits per heavy atom. The molecule has 0 bridgehead atoms. The molecule has 2 N–H and O–H groups in total. The van der Waals surface area contributed by atoms with Crippen molar-refractivity contribution in [1.82, 2.24) is 14.3 Å². The van der Waals surface area contributed by atoms with Crippen molar-refractivity contribution >= 4 is 16.1 Å². The summed E-state index contributed by atoms with van der Waals surface area (Å²) < 4.78 is 60.6. The summed E-state index contributed by atoms with van der Waals surface area (Å²) in [5.41, 5.74) is -1.22. The van der Waals surface area contributed by atoms with Crippen LogP contribution in [0.25, 0.3) is 11.3 Å². The Bertz CT molecular complexity index is 1230. The molecule has 3 heterocycles. The lowest BCUT2D eigenvalue weighted by molar-refractivity contribution is 0.194. The number of aromatic nitrogens is 2. The highest BCUT2D eigenvalue weighted by molar-refractivity contribution is 7.89. The summed E-state index contributed by atoms with van der Waals surface area (Å²) in [7, 11) is -4.54. The van der Waals surface area contributed by atoms with Gasteiger partial charge in [-0.05, 0) is 30.7 Å². The molecule has 0 aliphatic rings. The summed E-state index contributed by atoms with van der Waals surface area (Å²) in [6, 6.07) is 6.22. The molecule has 0 aromatic carbocycles. The fraction of sp³-hybridized carbons (Fsp3) is 0.118. The second-order valence-corrected chi connectivity index (χ2v) is 7.42. The number of nitriles is 1. The molecular formula is C17H12F2N4O5S. The van der Waals surface area contributed by atoms with E-state index in [1.807, 2.05) is 5.32 Å². The lowest BCUT2D eigenvalue weighted by Gasteiger charge is -2.09. The molecule has 0 saturated heterocycles. The summed E-state index contributed by atoms with van der Waals surface area (Å²) in [6.45, 7) is -0.204. The second kappa shape index (κ2) is 7.72. The fourth-order valence-electron chi connectivity index (χ4n) is 2.59. The molecule has 12 heteroatoms. The smallest absolute Gasteiger partial charge is 0.404 e. The highest BCUT2D eigenvalue weighted by Gasteiger charge is 2.30. The van der Waals surface area contributed by atoms with Crippen molar-refractivity contribution in [2.24, 2.45) is 0 Å². The van der Waals surface area contributed by atoms with Crippen molar-refractivity contribution in [2.45, 2.75) is 11.5 Å². The van der Waals surface area contributed by atoms with Crippen LogP contribution in [0.15, 0.2) is 46.2 Å². The van der Waals surface area contributed by atoms with E-state index in [1.165, 1.54) is 6.07 Å². The molecule has 29 heavy (non-hydrogen) atoms. The second-order valence-electron chi connectivity index (χ2n) is 5.67. The molecule has 3 aromatic rings. The maximum absolute atomic E-state index is 15.1. The first-order valence-electron chi connectivity index (χ1n) is 7.98. The molecule has 3 rings (SSSR count). The molecule has 0 aliphatic heterocycles. The van der Waals surface area contributed by atoms with Crippen molar-refractivity contribution in [1.29, 1.82) is 5.26 Å². The molecule has 0 radical (unpaired) electrons. The zero-order valence-corrected chi connectivity index (χ0v) is 15.3. The highest BCUT2D eigenvalue weighted by atomic mass is 32.2. The third-order valence-corrected chi connectivity index (χ3v) is 5.41. The summed E-state index contributed by atoms with van der Waals surface area (Å²) in [5.74, 6) is -2.44. The van der Waals surface area contributed by atoms with E-state index in [-0.39, 0.29) is 24.3 Å². The zero-order chi connectivity index (χ0) is 21.2. The van der Waals surface area contributed by atoms with Gasteiger partial charge in [-0.25, -0.2) is 18.1 Å². The van der Waals surface area contributed by atoms with Crippen LogP contribution in [0.3, 0.4) is 0 Å². The molecule has 3 aromatic heterocycles. The van der Waals surface area contributed by atoms with Gasteiger partial charge in [0.15, 0.2) is 5.82 Å². The summed E-state index contributed by atoms with van der Waals surface area (Å²) in [5, 5.41) is 18.8. The number of halogens is 2. The van der Waals surface area contributed by atoms with Gasteiger partial charge in [-0.3, -0.25) is 0 Å². The number of rotatable bonds is 6. The summed E-state index contributed by atoms with van der Waals surface area (Å²) in [6.07, 6.45) is 0.486. The van der Waals surface area contributed by atoms with Gasteiger partial charge < -0.3 is 14.8 Å². The van der Waals surface area contributed by atoms with Crippen molar-refractivity contribution < 1.29 is 31.5 Å². The van der Waals surface area contributed by atoms with Gasteiger partial charge in [-0.2, -0.15) is 18.1 Å². The van der Waals surface area contributed by atoms with Gasteiger partial charge in [0.1, 0.15) is 11.8 Å². The van der Waals surface area contributed by atoms with Gasteiger partial charge in [-0.15, -0.1) is 0 Å². The Morgan fingerprint density at radius 2 is 2.10 bits per heavy atom. The van der Waals surface area contributed by atoms with E-state index in [9.17, 15) is 17.6 Å². The molecular weight excluding hydrogens is 410 g/mol. The van der Waals surface area contributed by atoms with Crippen molar-refractivity contribution in [3.63, 3.8) is 0 Å². The number of nitrogens with one attached hydrogen (secondary N) is 1. The normalized spacial score (nSPS) is 11.2. The van der Waals surface area contributed by atoms with E-state index in [2.05, 4.69) is 4.98 Å². The van der Waals surface area contributed by atoms with E-state index in [1.54, 1.807) is 6.07 Å². The Labute approximate surface area is 162 Å². The van der Waals surface area contributed by atoms with Gasteiger partial charge >= 0.3 is 16.1 Å². The fourth-order valence-corrected chi connectivity index (χ4v) is 3.91. The van der Waals surface area contributed by atoms with Crippen LogP contribution >= 0.6 is 0 Å². The summed E-state index contributed by atoms with van der Waals surface area (Å²) >= 11 is 0. The third kappa shape index (κ3) is 3.81. The molecule has 9 nitrogen and oxygen atoms in total. The largest absolute Gasteiger partial charge is 0.465 e. The van der Waals surface area contributed by atoms with E-state index in [4.69, 9.17) is 14.8 Å². The molecule has 0 spiro atoms. The molecule has 0 unspecified atom stereocenters. The number of pyridine rings is 1. The minimum Gasteiger partial charge on any atom is -0.465 e. The van der Waals surface area contributed by atoms with Crippen molar-refractivity contribution in [3.05, 3.63) is 59.7 Å². The molecule has 0 fully saturated rings. The van der Waals surface area contributed by atoms with Crippen LogP contribution in [0.5, 0.6) is 0 Å². The molecule has 0 saturated carbocycles. The standard InChI is InChI=1S/C17H12F2N4O5S/c18-14-10(5-7-22-17(24)25)9-23(15(14)12-2-1-6-21-16(12)19)29(26,27)13-4-3-11(8-20)28-13/h1-4,6,9,22H,5,7H2,(H,24,25). The Hall–Kier alpha value is -3.72. The Kier molecular flexibility index (Phi) is 5.33.